The fraction of sp³-hybridized carbons (Fsp3) is 0.895. The first-order valence-electron chi connectivity index (χ1n) is 28.0. The molecule has 8 heteroatoms. The van der Waals surface area contributed by atoms with Gasteiger partial charge in [0.1, 0.15) is 12.1 Å². The summed E-state index contributed by atoms with van der Waals surface area (Å²) in [6.45, 7) is 18.9. The summed E-state index contributed by atoms with van der Waals surface area (Å²) >= 11 is 0. The van der Waals surface area contributed by atoms with Crippen LogP contribution >= 0.6 is 0 Å². The minimum absolute atomic E-state index is 0.00630. The van der Waals surface area contributed by atoms with E-state index in [-0.39, 0.29) is 35.7 Å². The largest absolute Gasteiger partial charge is 0.465 e. The maximum Gasteiger partial charge on any atom is 0.323 e. The summed E-state index contributed by atoms with van der Waals surface area (Å²) in [5.41, 5.74) is -0.499. The molecule has 0 aromatic rings. The molecule has 0 spiro atoms. The molecule has 0 aliphatic carbocycles. The van der Waals surface area contributed by atoms with E-state index in [1.54, 1.807) is 0 Å². The predicted octanol–water partition coefficient (Wildman–Crippen LogP) is 15.8. The molecule has 1 heterocycles. The fourth-order valence-electron chi connectivity index (χ4n) is 9.62. The molecule has 1 rings (SSSR count). The van der Waals surface area contributed by atoms with Crippen LogP contribution in [0.5, 0.6) is 0 Å². The van der Waals surface area contributed by atoms with Crippen LogP contribution in [-0.2, 0) is 33.4 Å². The average Bonchev–Trinajstić information content (AvgIpc) is 3.73. The molecule has 1 saturated heterocycles. The molecule has 0 N–H and O–H groups in total. The third-order valence-corrected chi connectivity index (χ3v) is 14.1. The van der Waals surface area contributed by atoms with Crippen LogP contribution in [0.2, 0.25) is 0 Å². The molecule has 0 amide bonds. The molecule has 1 fully saturated rings. The van der Waals surface area contributed by atoms with Crippen LogP contribution < -0.4 is 0 Å². The lowest BCUT2D eigenvalue weighted by Crippen LogP contribution is -2.38. The Balaban J connectivity index is 2.37. The van der Waals surface area contributed by atoms with Crippen LogP contribution in [0.15, 0.2) is 12.7 Å². The lowest BCUT2D eigenvalue weighted by Gasteiger charge is -2.24. The third-order valence-electron chi connectivity index (χ3n) is 14.1. The number of carbonyl (C=O) groups is 4. The van der Waals surface area contributed by atoms with Gasteiger partial charge in [0.05, 0.1) is 18.6 Å². The second kappa shape index (κ2) is 40.8. The summed E-state index contributed by atoms with van der Waals surface area (Å²) in [4.78, 5) is 53.8. The molecule has 0 saturated carbocycles. The number of hydrogen-bond acceptors (Lipinski definition) is 8. The quantitative estimate of drug-likeness (QED) is 0.0258. The van der Waals surface area contributed by atoms with E-state index >= 15 is 0 Å². The van der Waals surface area contributed by atoms with Crippen molar-refractivity contribution in [2.45, 2.75) is 285 Å². The average molecular weight is 916 g/mol. The Morgan fingerprint density at radius 1 is 0.585 bits per heavy atom. The molecule has 0 aromatic heterocycles. The number of ketones is 1. The summed E-state index contributed by atoms with van der Waals surface area (Å²) in [7, 11) is 0. The van der Waals surface area contributed by atoms with E-state index in [0.29, 0.717) is 32.6 Å². The lowest BCUT2D eigenvalue weighted by molar-refractivity contribution is -0.154. The predicted molar refractivity (Wildman–Crippen MR) is 272 cm³/mol. The maximum atomic E-state index is 13.3. The van der Waals surface area contributed by atoms with Crippen molar-refractivity contribution in [3.63, 3.8) is 0 Å². The van der Waals surface area contributed by atoms with Crippen molar-refractivity contribution in [2.24, 2.45) is 17.3 Å². The Morgan fingerprint density at radius 3 is 1.66 bits per heavy atom. The van der Waals surface area contributed by atoms with Gasteiger partial charge in [0.2, 0.25) is 0 Å². The first-order chi connectivity index (χ1) is 31.5. The van der Waals surface area contributed by atoms with Gasteiger partial charge in [-0.2, -0.15) is 0 Å². The van der Waals surface area contributed by atoms with Crippen LogP contribution in [0.25, 0.3) is 0 Å². The van der Waals surface area contributed by atoms with E-state index < -0.39 is 11.5 Å². The first kappa shape index (κ1) is 60.8. The number of esters is 3. The number of ether oxygens (including phenoxy) is 3. The van der Waals surface area contributed by atoms with Crippen LogP contribution in [0.3, 0.4) is 0 Å². The van der Waals surface area contributed by atoms with Crippen molar-refractivity contribution in [1.29, 1.82) is 0 Å². The molecule has 8 nitrogen and oxygen atoms in total. The lowest BCUT2D eigenvalue weighted by atomic mass is 9.87. The number of hydrogen-bond donors (Lipinski definition) is 0. The monoisotopic (exact) mass is 916 g/mol. The fourth-order valence-corrected chi connectivity index (χ4v) is 9.62. The van der Waals surface area contributed by atoms with Crippen LogP contribution in [-0.4, -0.2) is 67.0 Å². The van der Waals surface area contributed by atoms with Crippen molar-refractivity contribution < 1.29 is 33.4 Å². The highest BCUT2D eigenvalue weighted by Crippen LogP contribution is 2.29. The van der Waals surface area contributed by atoms with Gasteiger partial charge in [0.25, 0.3) is 0 Å². The van der Waals surface area contributed by atoms with Gasteiger partial charge in [-0.15, -0.1) is 0 Å². The molecule has 380 valence electrons. The van der Waals surface area contributed by atoms with Gasteiger partial charge in [-0.1, -0.05) is 188 Å². The highest BCUT2D eigenvalue weighted by Gasteiger charge is 2.39. The van der Waals surface area contributed by atoms with Gasteiger partial charge >= 0.3 is 17.9 Å². The number of unbranched alkanes of at least 4 members (excludes halogenated alkanes) is 21. The highest BCUT2D eigenvalue weighted by atomic mass is 16.5. The Labute approximate surface area is 401 Å². The molecule has 1 aliphatic heterocycles. The number of nitrogens with zero attached hydrogens (tertiary/aromatic N) is 1. The van der Waals surface area contributed by atoms with E-state index in [1.807, 2.05) is 13.8 Å². The molecule has 0 aromatic carbocycles. The summed E-state index contributed by atoms with van der Waals surface area (Å²) < 4.78 is 17.6. The van der Waals surface area contributed by atoms with E-state index in [1.165, 1.54) is 122 Å². The summed E-state index contributed by atoms with van der Waals surface area (Å²) in [5.74, 6) is 0.166. The van der Waals surface area contributed by atoms with Crippen molar-refractivity contribution in [2.75, 3.05) is 26.3 Å². The highest BCUT2D eigenvalue weighted by molar-refractivity contribution is 5.92. The second-order valence-corrected chi connectivity index (χ2v) is 20.6. The van der Waals surface area contributed by atoms with Gasteiger partial charge < -0.3 is 14.2 Å². The van der Waals surface area contributed by atoms with E-state index in [4.69, 9.17) is 14.2 Å². The molecular formula is C57H105NO7. The van der Waals surface area contributed by atoms with Crippen LogP contribution in [0.1, 0.15) is 273 Å². The van der Waals surface area contributed by atoms with Crippen molar-refractivity contribution in [3.8, 4) is 0 Å². The molecule has 65 heavy (non-hydrogen) atoms. The smallest absolute Gasteiger partial charge is 0.323 e. The number of likely N-dealkylation sites (tertiary alicyclic amines) is 1. The van der Waals surface area contributed by atoms with E-state index in [0.717, 1.165) is 115 Å². The van der Waals surface area contributed by atoms with Gasteiger partial charge in [0.15, 0.2) is 5.78 Å². The Kier molecular flexibility index (Phi) is 38.2. The Bertz CT molecular complexity index is 1180. The van der Waals surface area contributed by atoms with Gasteiger partial charge in [-0.25, -0.2) is 0 Å². The zero-order valence-corrected chi connectivity index (χ0v) is 43.7. The minimum atomic E-state index is -0.499. The number of allylic oxidation sites excluding steroid dienone is 1. The molecule has 2 atom stereocenters. The second-order valence-electron chi connectivity index (χ2n) is 20.6. The van der Waals surface area contributed by atoms with E-state index in [2.05, 4.69) is 39.2 Å². The summed E-state index contributed by atoms with van der Waals surface area (Å²) in [6.07, 6.45) is 41.1. The molecule has 0 unspecified atom stereocenters. The zero-order valence-electron chi connectivity index (χ0n) is 43.7. The topological polar surface area (TPSA) is 99.2 Å². The molecule has 0 radical (unpaired) electrons. The normalized spacial score (nSPS) is 15.5. The third kappa shape index (κ3) is 31.5. The van der Waals surface area contributed by atoms with Gasteiger partial charge in [-0.05, 0) is 103 Å². The van der Waals surface area contributed by atoms with E-state index in [9.17, 15) is 19.2 Å². The van der Waals surface area contributed by atoms with Gasteiger partial charge in [-0.3, -0.25) is 24.1 Å². The Hall–Kier alpha value is -2.22. The van der Waals surface area contributed by atoms with Gasteiger partial charge in [0, 0.05) is 18.9 Å². The molecular weight excluding hydrogens is 811 g/mol. The van der Waals surface area contributed by atoms with Crippen molar-refractivity contribution in [1.82, 2.24) is 4.90 Å². The Morgan fingerprint density at radius 2 is 1.06 bits per heavy atom. The SMILES string of the molecule is C=CC(=O)[C@H]1C[C@@H](C(=O)OCCCCCCCC(=O)OC(CCCCCCCC)CCCCCCCC)N(CCCCCCC(C)(C)C(=O)OCCCC(CCCCC)CCCCC)C1. The zero-order chi connectivity index (χ0) is 47.8. The minimum Gasteiger partial charge on any atom is -0.465 e. The summed E-state index contributed by atoms with van der Waals surface area (Å²) in [6, 6.07) is -0.405. The molecule has 0 bridgehead atoms. The standard InChI is InChI=1S/C57H105NO7/c1-8-13-17-19-22-30-40-51(41-31-23-20-18-14-9-2)65-54(60)42-32-24-21-27-35-45-63-55(61)52-47-50(53(59)12-5)48-58(52)44-34-26-25-33-43-57(6,7)56(62)64-46-36-39-49(37-28-15-10-3)38-29-16-11-4/h12,49-52H,5,8-11,13-48H2,1-4,6-7H3/t50-,52-/m0/s1. The molecule has 1 aliphatic rings. The summed E-state index contributed by atoms with van der Waals surface area (Å²) in [5, 5.41) is 0. The number of rotatable bonds is 46. The van der Waals surface area contributed by atoms with Crippen molar-refractivity contribution in [3.05, 3.63) is 12.7 Å². The number of carbonyl (C=O) groups excluding carboxylic acids is 4. The van der Waals surface area contributed by atoms with Crippen LogP contribution in [0.4, 0.5) is 0 Å². The van der Waals surface area contributed by atoms with Crippen molar-refractivity contribution >= 4 is 23.7 Å². The van der Waals surface area contributed by atoms with Crippen LogP contribution in [0, 0.1) is 17.3 Å². The first-order valence-corrected chi connectivity index (χ1v) is 28.0. The maximum absolute atomic E-state index is 13.3.